The van der Waals surface area contributed by atoms with E-state index in [4.69, 9.17) is 5.14 Å². The van der Waals surface area contributed by atoms with Crippen molar-refractivity contribution in [3.8, 4) is 0 Å². The maximum Gasteiger partial charge on any atom is 0.144 e. The third kappa shape index (κ3) is 3.91. The Morgan fingerprint density at radius 3 is 2.71 bits per heavy atom. The molecular weight excluding hydrogens is 198 g/mol. The van der Waals surface area contributed by atoms with E-state index in [1.54, 1.807) is 12.4 Å². The number of likely N-dealkylation sites (N-methyl/N-ethyl adjacent to an activating group) is 1. The Labute approximate surface area is 88.2 Å². The molecule has 1 aromatic heterocycles. The van der Waals surface area contributed by atoms with Crippen molar-refractivity contribution in [2.24, 2.45) is 5.14 Å². The summed E-state index contributed by atoms with van der Waals surface area (Å²) in [4.78, 5) is 10.3. The van der Waals surface area contributed by atoms with Crippen LogP contribution in [0.15, 0.2) is 17.4 Å². The van der Waals surface area contributed by atoms with Crippen LogP contribution in [0.1, 0.15) is 0 Å². The first kappa shape index (κ1) is 11.2. The lowest BCUT2D eigenvalue weighted by Gasteiger charge is -2.10. The summed E-state index contributed by atoms with van der Waals surface area (Å²) in [6.45, 7) is 1.83. The van der Waals surface area contributed by atoms with Gasteiger partial charge in [-0.3, -0.25) is 5.14 Å². The molecule has 0 amide bonds. The average Bonchev–Trinajstić information content (AvgIpc) is 2.18. The molecule has 6 heteroatoms. The van der Waals surface area contributed by atoms with E-state index in [0.29, 0.717) is 0 Å². The maximum atomic E-state index is 5.33. The molecule has 3 N–H and O–H groups in total. The number of hydrogen-bond acceptors (Lipinski definition) is 6. The molecule has 0 saturated carbocycles. The highest BCUT2D eigenvalue weighted by molar-refractivity contribution is 7.97. The van der Waals surface area contributed by atoms with Crippen molar-refractivity contribution in [3.63, 3.8) is 0 Å². The summed E-state index contributed by atoms with van der Waals surface area (Å²) in [7, 11) is 4.06. The summed E-state index contributed by atoms with van der Waals surface area (Å²) < 4.78 is 0. The van der Waals surface area contributed by atoms with Crippen LogP contribution < -0.4 is 10.5 Å². The normalized spacial score (nSPS) is 10.6. The Kier molecular flexibility index (Phi) is 4.64. The number of nitrogens with two attached hydrogens (primary N) is 1. The van der Waals surface area contributed by atoms with Gasteiger partial charge in [-0.05, 0) is 26.0 Å². The van der Waals surface area contributed by atoms with Gasteiger partial charge < -0.3 is 10.2 Å². The van der Waals surface area contributed by atoms with Crippen molar-refractivity contribution in [2.45, 2.75) is 5.03 Å². The first-order valence-corrected chi connectivity index (χ1v) is 5.17. The lowest BCUT2D eigenvalue weighted by Crippen LogP contribution is -2.21. The molecule has 0 aliphatic rings. The molecule has 0 spiro atoms. The number of nitrogens with one attached hydrogen (secondary N) is 1. The first-order chi connectivity index (χ1) is 6.72. The van der Waals surface area contributed by atoms with Gasteiger partial charge in [-0.1, -0.05) is 0 Å². The topological polar surface area (TPSA) is 67.1 Å². The molecule has 0 aromatic carbocycles. The van der Waals surface area contributed by atoms with Crippen LogP contribution >= 0.6 is 11.9 Å². The van der Waals surface area contributed by atoms with Gasteiger partial charge in [0, 0.05) is 13.1 Å². The molecule has 0 saturated heterocycles. The van der Waals surface area contributed by atoms with Gasteiger partial charge in [0.15, 0.2) is 0 Å². The maximum absolute atomic E-state index is 5.33. The van der Waals surface area contributed by atoms with Crippen molar-refractivity contribution >= 4 is 17.8 Å². The van der Waals surface area contributed by atoms with Gasteiger partial charge in [0.1, 0.15) is 10.8 Å². The predicted octanol–water partition coefficient (Wildman–Crippen LogP) is 0.416. The predicted molar refractivity (Wildman–Crippen MR) is 59.1 cm³/mol. The Bertz CT molecular complexity index is 261. The Hall–Kier alpha value is -0.850. The second kappa shape index (κ2) is 5.79. The fourth-order valence-electron chi connectivity index (χ4n) is 0.876. The van der Waals surface area contributed by atoms with Crippen LogP contribution in [0.2, 0.25) is 0 Å². The molecule has 1 heterocycles. The number of aromatic nitrogens is 2. The number of nitrogens with zero attached hydrogens (tertiary/aromatic N) is 3. The van der Waals surface area contributed by atoms with Crippen LogP contribution in [-0.2, 0) is 0 Å². The third-order valence-electron chi connectivity index (χ3n) is 1.61. The number of anilines is 1. The Morgan fingerprint density at radius 2 is 2.21 bits per heavy atom. The standard InChI is InChI=1S/C8H15N5S/c1-13(2)4-3-10-7-5-12-8(14-9)6-11-7/h5-6H,3-4,9H2,1-2H3,(H,10,11). The third-order valence-corrected chi connectivity index (χ3v) is 2.07. The van der Waals surface area contributed by atoms with Crippen LogP contribution in [0.5, 0.6) is 0 Å². The van der Waals surface area contributed by atoms with Gasteiger partial charge in [-0.25, -0.2) is 9.97 Å². The molecule has 5 nitrogen and oxygen atoms in total. The zero-order valence-corrected chi connectivity index (χ0v) is 9.21. The average molecular weight is 213 g/mol. The quantitative estimate of drug-likeness (QED) is 0.691. The smallest absolute Gasteiger partial charge is 0.144 e. The molecule has 0 bridgehead atoms. The highest BCUT2D eigenvalue weighted by Gasteiger charge is 1.96. The SMILES string of the molecule is CN(C)CCNc1cnc(SN)cn1. The van der Waals surface area contributed by atoms with E-state index in [1.807, 2.05) is 14.1 Å². The summed E-state index contributed by atoms with van der Waals surface area (Å²) in [6.07, 6.45) is 3.34. The molecule has 0 fully saturated rings. The molecule has 1 aromatic rings. The van der Waals surface area contributed by atoms with E-state index < -0.39 is 0 Å². The molecule has 1 rings (SSSR count). The van der Waals surface area contributed by atoms with Gasteiger partial charge in [0.25, 0.3) is 0 Å². The summed E-state index contributed by atoms with van der Waals surface area (Å²) in [5.41, 5.74) is 0. The summed E-state index contributed by atoms with van der Waals surface area (Å²) in [5.74, 6) is 0.782. The van der Waals surface area contributed by atoms with Crippen molar-refractivity contribution in [2.75, 3.05) is 32.5 Å². The van der Waals surface area contributed by atoms with E-state index in [-0.39, 0.29) is 0 Å². The summed E-state index contributed by atoms with van der Waals surface area (Å²) >= 11 is 1.10. The molecule has 0 aliphatic heterocycles. The van der Waals surface area contributed by atoms with Gasteiger partial charge in [-0.15, -0.1) is 0 Å². The van der Waals surface area contributed by atoms with Crippen molar-refractivity contribution < 1.29 is 0 Å². The number of hydrogen-bond donors (Lipinski definition) is 2. The minimum atomic E-state index is 0.725. The van der Waals surface area contributed by atoms with Gasteiger partial charge >= 0.3 is 0 Å². The minimum absolute atomic E-state index is 0.725. The lowest BCUT2D eigenvalue weighted by atomic mass is 10.5. The lowest BCUT2D eigenvalue weighted by molar-refractivity contribution is 0.425. The van der Waals surface area contributed by atoms with Crippen molar-refractivity contribution in [3.05, 3.63) is 12.4 Å². The van der Waals surface area contributed by atoms with Crippen LogP contribution in [0.3, 0.4) is 0 Å². The van der Waals surface area contributed by atoms with E-state index in [2.05, 4.69) is 20.2 Å². The molecule has 0 radical (unpaired) electrons. The molecule has 14 heavy (non-hydrogen) atoms. The van der Waals surface area contributed by atoms with E-state index in [1.165, 1.54) is 0 Å². The van der Waals surface area contributed by atoms with Crippen LogP contribution in [0, 0.1) is 0 Å². The second-order valence-electron chi connectivity index (χ2n) is 3.09. The Balaban J connectivity index is 2.36. The fraction of sp³-hybridized carbons (Fsp3) is 0.500. The molecule has 78 valence electrons. The number of rotatable bonds is 5. The van der Waals surface area contributed by atoms with Crippen molar-refractivity contribution in [1.82, 2.24) is 14.9 Å². The Morgan fingerprint density at radius 1 is 1.43 bits per heavy atom. The highest BCUT2D eigenvalue weighted by Crippen LogP contribution is 2.07. The van der Waals surface area contributed by atoms with Crippen LogP contribution in [0.4, 0.5) is 5.82 Å². The summed E-state index contributed by atoms with van der Waals surface area (Å²) in [6, 6.07) is 0. The van der Waals surface area contributed by atoms with E-state index in [9.17, 15) is 0 Å². The van der Waals surface area contributed by atoms with Crippen LogP contribution in [-0.4, -0.2) is 42.1 Å². The fourth-order valence-corrected chi connectivity index (χ4v) is 1.10. The first-order valence-electron chi connectivity index (χ1n) is 4.29. The molecular formula is C8H15N5S. The van der Waals surface area contributed by atoms with Gasteiger partial charge in [0.05, 0.1) is 12.4 Å². The van der Waals surface area contributed by atoms with E-state index >= 15 is 0 Å². The largest absolute Gasteiger partial charge is 0.368 e. The highest BCUT2D eigenvalue weighted by atomic mass is 32.2. The van der Waals surface area contributed by atoms with Crippen molar-refractivity contribution in [1.29, 1.82) is 0 Å². The summed E-state index contributed by atoms with van der Waals surface area (Å²) in [5, 5.41) is 9.21. The van der Waals surface area contributed by atoms with Crippen LogP contribution in [0.25, 0.3) is 0 Å². The zero-order valence-electron chi connectivity index (χ0n) is 8.40. The molecule has 0 atom stereocenters. The second-order valence-corrected chi connectivity index (χ2v) is 3.74. The van der Waals surface area contributed by atoms with Gasteiger partial charge in [-0.2, -0.15) is 0 Å². The molecule has 0 aliphatic carbocycles. The van der Waals surface area contributed by atoms with Gasteiger partial charge in [0.2, 0.25) is 0 Å². The van der Waals surface area contributed by atoms with E-state index in [0.717, 1.165) is 35.9 Å². The monoisotopic (exact) mass is 213 g/mol. The minimum Gasteiger partial charge on any atom is -0.368 e. The zero-order chi connectivity index (χ0) is 10.4. The molecule has 0 unspecified atom stereocenters.